The molecular formula is C13H16N4. The van der Waals surface area contributed by atoms with Gasteiger partial charge in [-0.25, -0.2) is 4.98 Å². The quantitative estimate of drug-likeness (QED) is 0.877. The minimum Gasteiger partial charge on any atom is -0.353 e. The minimum absolute atomic E-state index is 0.649. The smallest absolute Gasteiger partial charge is 0.243 e. The van der Waals surface area contributed by atoms with Crippen molar-refractivity contribution in [2.45, 2.75) is 25.7 Å². The predicted octanol–water partition coefficient (Wildman–Crippen LogP) is 2.63. The first kappa shape index (κ1) is 10.4. The summed E-state index contributed by atoms with van der Waals surface area (Å²) in [6, 6.07) is 7.81. The summed E-state index contributed by atoms with van der Waals surface area (Å²) in [6.07, 6.45) is 5.38. The third-order valence-electron chi connectivity index (χ3n) is 3.38. The average Bonchev–Trinajstić information content (AvgIpc) is 2.89. The zero-order chi connectivity index (χ0) is 11.5. The number of nitrogens with zero attached hydrogens (tertiary/aromatic N) is 3. The van der Waals surface area contributed by atoms with E-state index >= 15 is 0 Å². The Bertz CT molecular complexity index is 506. The largest absolute Gasteiger partial charge is 0.353 e. The molecular weight excluding hydrogens is 212 g/mol. The van der Waals surface area contributed by atoms with E-state index in [1.54, 1.807) is 0 Å². The van der Waals surface area contributed by atoms with Crippen LogP contribution in [0.3, 0.4) is 0 Å². The molecule has 4 nitrogen and oxygen atoms in total. The molecule has 4 heteroatoms. The monoisotopic (exact) mass is 228 g/mol. The molecule has 17 heavy (non-hydrogen) atoms. The van der Waals surface area contributed by atoms with Crippen LogP contribution in [0.15, 0.2) is 24.3 Å². The summed E-state index contributed by atoms with van der Waals surface area (Å²) in [7, 11) is 0. The highest BCUT2D eigenvalue weighted by Gasteiger charge is 2.14. The molecule has 0 amide bonds. The zero-order valence-corrected chi connectivity index (χ0v) is 9.76. The van der Waals surface area contributed by atoms with Gasteiger partial charge in [0.2, 0.25) is 5.95 Å². The fourth-order valence-electron chi connectivity index (χ4n) is 2.41. The lowest BCUT2D eigenvalue weighted by Crippen LogP contribution is -2.13. The number of anilines is 1. The van der Waals surface area contributed by atoms with Crippen molar-refractivity contribution in [1.29, 1.82) is 0 Å². The second-order valence-electron chi connectivity index (χ2n) is 4.66. The highest BCUT2D eigenvalue weighted by atomic mass is 15.2. The Morgan fingerprint density at radius 2 is 1.82 bits per heavy atom. The van der Waals surface area contributed by atoms with Crippen molar-refractivity contribution in [2.24, 2.45) is 5.92 Å². The van der Waals surface area contributed by atoms with E-state index in [0.717, 1.165) is 23.5 Å². The normalized spacial score (nSPS) is 16.5. The fourth-order valence-corrected chi connectivity index (χ4v) is 2.41. The molecule has 1 aliphatic carbocycles. The van der Waals surface area contributed by atoms with Gasteiger partial charge in [-0.05, 0) is 30.9 Å². The molecule has 1 aliphatic rings. The van der Waals surface area contributed by atoms with Gasteiger partial charge >= 0.3 is 0 Å². The first-order valence-corrected chi connectivity index (χ1v) is 6.25. The first-order chi connectivity index (χ1) is 8.42. The van der Waals surface area contributed by atoms with Crippen LogP contribution in [0.2, 0.25) is 0 Å². The van der Waals surface area contributed by atoms with Crippen molar-refractivity contribution in [1.82, 2.24) is 15.2 Å². The summed E-state index contributed by atoms with van der Waals surface area (Å²) in [4.78, 5) is 4.45. The Kier molecular flexibility index (Phi) is 2.86. The molecule has 1 saturated carbocycles. The van der Waals surface area contributed by atoms with E-state index < -0.39 is 0 Å². The van der Waals surface area contributed by atoms with Crippen molar-refractivity contribution in [3.05, 3.63) is 24.3 Å². The Morgan fingerprint density at radius 3 is 2.65 bits per heavy atom. The third-order valence-corrected chi connectivity index (χ3v) is 3.38. The molecule has 0 radical (unpaired) electrons. The fraction of sp³-hybridized carbons (Fsp3) is 0.462. The van der Waals surface area contributed by atoms with E-state index in [4.69, 9.17) is 0 Å². The number of nitrogens with one attached hydrogen (secondary N) is 1. The van der Waals surface area contributed by atoms with Gasteiger partial charge < -0.3 is 5.32 Å². The number of aromatic nitrogens is 3. The Hall–Kier alpha value is -1.71. The zero-order valence-electron chi connectivity index (χ0n) is 9.76. The summed E-state index contributed by atoms with van der Waals surface area (Å²) in [5.41, 5.74) is 1.75. The number of para-hydroxylation sites is 1. The molecule has 2 aromatic rings. The minimum atomic E-state index is 0.649. The Labute approximate surface area is 100 Å². The summed E-state index contributed by atoms with van der Waals surface area (Å²) in [6.45, 7) is 0.972. The molecule has 1 aromatic carbocycles. The summed E-state index contributed by atoms with van der Waals surface area (Å²) in [5, 5.41) is 11.5. The van der Waals surface area contributed by atoms with Gasteiger partial charge in [0.1, 0.15) is 5.52 Å². The van der Waals surface area contributed by atoms with Crippen molar-refractivity contribution in [3.63, 3.8) is 0 Å². The van der Waals surface area contributed by atoms with Gasteiger partial charge in [0.25, 0.3) is 0 Å². The van der Waals surface area contributed by atoms with E-state index in [2.05, 4.69) is 20.5 Å². The van der Waals surface area contributed by atoms with Crippen LogP contribution in [-0.4, -0.2) is 21.7 Å². The maximum atomic E-state index is 4.45. The van der Waals surface area contributed by atoms with Crippen LogP contribution in [0, 0.1) is 5.92 Å². The van der Waals surface area contributed by atoms with Gasteiger partial charge in [-0.3, -0.25) is 0 Å². The van der Waals surface area contributed by atoms with Crippen LogP contribution >= 0.6 is 0 Å². The van der Waals surface area contributed by atoms with Crippen LogP contribution in [0.25, 0.3) is 11.0 Å². The molecule has 0 saturated heterocycles. The topological polar surface area (TPSA) is 50.7 Å². The first-order valence-electron chi connectivity index (χ1n) is 6.25. The Balaban J connectivity index is 1.72. The van der Waals surface area contributed by atoms with E-state index in [0.29, 0.717) is 5.95 Å². The van der Waals surface area contributed by atoms with E-state index in [1.165, 1.54) is 25.7 Å². The lowest BCUT2D eigenvalue weighted by Gasteiger charge is -2.09. The van der Waals surface area contributed by atoms with Crippen molar-refractivity contribution in [3.8, 4) is 0 Å². The summed E-state index contributed by atoms with van der Waals surface area (Å²) < 4.78 is 0. The van der Waals surface area contributed by atoms with Crippen LogP contribution in [0.4, 0.5) is 5.95 Å². The van der Waals surface area contributed by atoms with Crippen LogP contribution in [-0.2, 0) is 0 Å². The van der Waals surface area contributed by atoms with Gasteiger partial charge in [-0.2, -0.15) is 0 Å². The van der Waals surface area contributed by atoms with Crippen LogP contribution < -0.4 is 5.32 Å². The van der Waals surface area contributed by atoms with E-state index in [1.807, 2.05) is 24.3 Å². The summed E-state index contributed by atoms with van der Waals surface area (Å²) >= 11 is 0. The number of fused-ring (bicyclic) bond motifs is 1. The molecule has 3 rings (SSSR count). The number of hydrogen-bond donors (Lipinski definition) is 1. The molecule has 0 aliphatic heterocycles. The number of hydrogen-bond acceptors (Lipinski definition) is 4. The van der Waals surface area contributed by atoms with Gasteiger partial charge in [-0.15, -0.1) is 10.2 Å². The molecule has 0 atom stereocenters. The molecule has 1 N–H and O–H groups in total. The van der Waals surface area contributed by atoms with Gasteiger partial charge in [-0.1, -0.05) is 25.0 Å². The second kappa shape index (κ2) is 4.65. The third kappa shape index (κ3) is 2.35. The molecule has 88 valence electrons. The lowest BCUT2D eigenvalue weighted by molar-refractivity contribution is 0.577. The Morgan fingerprint density at radius 1 is 1.06 bits per heavy atom. The number of rotatable bonds is 3. The highest BCUT2D eigenvalue weighted by Crippen LogP contribution is 2.24. The van der Waals surface area contributed by atoms with Gasteiger partial charge in [0.15, 0.2) is 0 Å². The SMILES string of the molecule is c1ccc2nc(NCC3CCCC3)nnc2c1. The van der Waals surface area contributed by atoms with E-state index in [9.17, 15) is 0 Å². The molecule has 1 fully saturated rings. The average molecular weight is 228 g/mol. The molecule has 0 spiro atoms. The lowest BCUT2D eigenvalue weighted by atomic mass is 10.1. The van der Waals surface area contributed by atoms with Crippen molar-refractivity contribution >= 4 is 17.0 Å². The predicted molar refractivity (Wildman–Crippen MR) is 67.8 cm³/mol. The second-order valence-corrected chi connectivity index (χ2v) is 4.66. The maximum Gasteiger partial charge on any atom is 0.243 e. The summed E-state index contributed by atoms with van der Waals surface area (Å²) in [5.74, 6) is 1.43. The maximum absolute atomic E-state index is 4.45. The van der Waals surface area contributed by atoms with Crippen LogP contribution in [0.5, 0.6) is 0 Å². The highest BCUT2D eigenvalue weighted by molar-refractivity contribution is 5.73. The molecule has 0 bridgehead atoms. The standard InChI is InChI=1S/C13H16N4/c1-2-6-10(5-1)9-14-13-15-11-7-3-4-8-12(11)16-17-13/h3-4,7-8,10H,1-2,5-6,9H2,(H,14,15,17). The molecule has 1 heterocycles. The van der Waals surface area contributed by atoms with Crippen LogP contribution in [0.1, 0.15) is 25.7 Å². The van der Waals surface area contributed by atoms with Gasteiger partial charge in [0, 0.05) is 6.54 Å². The number of benzene rings is 1. The van der Waals surface area contributed by atoms with Crippen molar-refractivity contribution in [2.75, 3.05) is 11.9 Å². The van der Waals surface area contributed by atoms with E-state index in [-0.39, 0.29) is 0 Å². The van der Waals surface area contributed by atoms with Gasteiger partial charge in [0.05, 0.1) is 5.52 Å². The molecule has 1 aromatic heterocycles. The van der Waals surface area contributed by atoms with Crippen molar-refractivity contribution < 1.29 is 0 Å². The molecule has 0 unspecified atom stereocenters.